The van der Waals surface area contributed by atoms with Crippen LogP contribution < -0.4 is 4.74 Å². The summed E-state index contributed by atoms with van der Waals surface area (Å²) in [6.07, 6.45) is 2.82. The van der Waals surface area contributed by atoms with Gasteiger partial charge in [-0.3, -0.25) is 0 Å². The van der Waals surface area contributed by atoms with E-state index in [1.54, 1.807) is 18.9 Å². The summed E-state index contributed by atoms with van der Waals surface area (Å²) in [6, 6.07) is 5.32. The maximum Gasteiger partial charge on any atom is 0.374 e. The molecule has 0 aliphatic rings. The Morgan fingerprint density at radius 3 is 2.70 bits per heavy atom. The van der Waals surface area contributed by atoms with Crippen molar-refractivity contribution in [3.05, 3.63) is 29.5 Å². The molecular formula is C14H15NO4S. The highest BCUT2D eigenvalue weighted by Gasteiger charge is 2.17. The molecule has 1 N–H and O–H groups in total. The van der Waals surface area contributed by atoms with E-state index in [1.807, 2.05) is 18.4 Å². The van der Waals surface area contributed by atoms with Crippen molar-refractivity contribution >= 4 is 17.7 Å². The molecule has 1 aromatic carbocycles. The van der Waals surface area contributed by atoms with E-state index in [4.69, 9.17) is 14.4 Å². The van der Waals surface area contributed by atoms with Crippen molar-refractivity contribution in [1.82, 2.24) is 5.16 Å². The fourth-order valence-corrected chi connectivity index (χ4v) is 2.58. The van der Waals surface area contributed by atoms with Crippen LogP contribution in [0.3, 0.4) is 0 Å². The molecule has 20 heavy (non-hydrogen) atoms. The molecule has 0 unspecified atom stereocenters. The van der Waals surface area contributed by atoms with Gasteiger partial charge in [0.25, 0.3) is 0 Å². The monoisotopic (exact) mass is 293 g/mol. The van der Waals surface area contributed by atoms with Gasteiger partial charge in [-0.1, -0.05) is 12.1 Å². The molecule has 5 nitrogen and oxygen atoms in total. The molecule has 0 amide bonds. The first-order valence-electron chi connectivity index (χ1n) is 6.06. The quantitative estimate of drug-likeness (QED) is 0.852. The summed E-state index contributed by atoms with van der Waals surface area (Å²) in [5, 5.41) is 12.7. The number of hydrogen-bond donors (Lipinski definition) is 1. The number of aromatic carboxylic acids is 1. The number of aryl methyl sites for hydroxylation is 1. The molecule has 0 atom stereocenters. The summed E-state index contributed by atoms with van der Waals surface area (Å²) in [5.41, 5.74) is 2.40. The molecule has 0 fully saturated rings. The van der Waals surface area contributed by atoms with Crippen LogP contribution in [-0.2, 0) is 6.42 Å². The van der Waals surface area contributed by atoms with Crippen LogP contribution in [0.4, 0.5) is 0 Å². The van der Waals surface area contributed by atoms with Crippen LogP contribution in [0.1, 0.15) is 23.0 Å². The largest absolute Gasteiger partial charge is 0.496 e. The number of ether oxygens (including phenoxy) is 1. The number of rotatable bonds is 5. The van der Waals surface area contributed by atoms with Gasteiger partial charge in [0.2, 0.25) is 5.76 Å². The molecule has 106 valence electrons. The third-order valence-corrected chi connectivity index (χ3v) is 3.76. The number of methoxy groups -OCH3 is 1. The smallest absolute Gasteiger partial charge is 0.374 e. The zero-order valence-corrected chi connectivity index (χ0v) is 12.3. The zero-order valence-electron chi connectivity index (χ0n) is 11.5. The second kappa shape index (κ2) is 6.00. The first-order valence-corrected chi connectivity index (χ1v) is 7.28. The van der Waals surface area contributed by atoms with Gasteiger partial charge in [0.1, 0.15) is 11.4 Å². The van der Waals surface area contributed by atoms with Gasteiger partial charge in [0.15, 0.2) is 0 Å². The van der Waals surface area contributed by atoms with Crippen LogP contribution in [0.25, 0.3) is 11.3 Å². The van der Waals surface area contributed by atoms with Crippen LogP contribution in [-0.4, -0.2) is 29.6 Å². The van der Waals surface area contributed by atoms with E-state index in [9.17, 15) is 4.79 Å². The first-order chi connectivity index (χ1) is 9.60. The summed E-state index contributed by atoms with van der Waals surface area (Å²) in [6.45, 7) is 2.06. The van der Waals surface area contributed by atoms with Crippen LogP contribution in [0.5, 0.6) is 5.75 Å². The van der Waals surface area contributed by atoms with E-state index >= 15 is 0 Å². The normalized spacial score (nSPS) is 10.6. The Kier molecular flexibility index (Phi) is 4.34. The van der Waals surface area contributed by atoms with Gasteiger partial charge in [0.05, 0.1) is 7.11 Å². The minimum atomic E-state index is -1.13. The second-order valence-electron chi connectivity index (χ2n) is 4.10. The van der Waals surface area contributed by atoms with Gasteiger partial charge < -0.3 is 14.4 Å². The Morgan fingerprint density at radius 1 is 1.45 bits per heavy atom. The topological polar surface area (TPSA) is 72.6 Å². The number of hydrogen-bond acceptors (Lipinski definition) is 5. The van der Waals surface area contributed by atoms with Crippen molar-refractivity contribution in [2.75, 3.05) is 13.4 Å². The van der Waals surface area contributed by atoms with E-state index in [0.717, 1.165) is 28.2 Å². The zero-order chi connectivity index (χ0) is 14.7. The average molecular weight is 293 g/mol. The van der Waals surface area contributed by atoms with Crippen molar-refractivity contribution in [3.63, 3.8) is 0 Å². The maximum atomic E-state index is 10.9. The molecule has 0 aliphatic carbocycles. The SMILES string of the molecule is CCc1cc(SC)c(-c2cc(C(=O)O)on2)cc1OC. The lowest BCUT2D eigenvalue weighted by Crippen LogP contribution is -1.94. The molecule has 0 spiro atoms. The standard InChI is InChI=1S/C14H15NO4S/c1-4-8-5-13(20-3)9(6-11(8)18-2)10-7-12(14(16)17)19-15-10/h5-7H,4H2,1-3H3,(H,16,17). The van der Waals surface area contributed by atoms with Gasteiger partial charge >= 0.3 is 5.97 Å². The van der Waals surface area contributed by atoms with Gasteiger partial charge in [-0.25, -0.2) is 4.79 Å². The Hall–Kier alpha value is -1.95. The number of carboxylic acid groups (broad SMARTS) is 1. The summed E-state index contributed by atoms with van der Waals surface area (Å²) >= 11 is 1.57. The minimum Gasteiger partial charge on any atom is -0.496 e. The fraction of sp³-hybridized carbons (Fsp3) is 0.286. The first kappa shape index (κ1) is 14.5. The highest BCUT2D eigenvalue weighted by Crippen LogP contribution is 2.35. The molecule has 0 saturated heterocycles. The summed E-state index contributed by atoms with van der Waals surface area (Å²) < 4.78 is 10.2. The molecular weight excluding hydrogens is 278 g/mol. The van der Waals surface area contributed by atoms with Crippen molar-refractivity contribution in [1.29, 1.82) is 0 Å². The van der Waals surface area contributed by atoms with E-state index in [-0.39, 0.29) is 5.76 Å². The highest BCUT2D eigenvalue weighted by atomic mass is 32.2. The summed E-state index contributed by atoms with van der Waals surface area (Å²) in [4.78, 5) is 11.9. The van der Waals surface area contributed by atoms with Crippen molar-refractivity contribution in [2.24, 2.45) is 0 Å². The molecule has 0 radical (unpaired) electrons. The predicted octanol–water partition coefficient (Wildman–Crippen LogP) is 3.33. The molecule has 1 heterocycles. The number of benzene rings is 1. The number of carbonyl (C=O) groups is 1. The van der Waals surface area contributed by atoms with Crippen molar-refractivity contribution < 1.29 is 19.2 Å². The summed E-state index contributed by atoms with van der Waals surface area (Å²) in [7, 11) is 1.61. The van der Waals surface area contributed by atoms with E-state index in [2.05, 4.69) is 12.1 Å². The average Bonchev–Trinajstić information content (AvgIpc) is 2.95. The Morgan fingerprint density at radius 2 is 2.20 bits per heavy atom. The lowest BCUT2D eigenvalue weighted by atomic mass is 10.1. The molecule has 2 aromatic rings. The Labute approximate surface area is 120 Å². The lowest BCUT2D eigenvalue weighted by molar-refractivity contribution is 0.0652. The molecule has 0 saturated carbocycles. The number of carboxylic acids is 1. The molecule has 0 bridgehead atoms. The molecule has 1 aromatic heterocycles. The minimum absolute atomic E-state index is 0.175. The number of thioether (sulfide) groups is 1. The van der Waals surface area contributed by atoms with Crippen LogP contribution in [0.2, 0.25) is 0 Å². The third kappa shape index (κ3) is 2.65. The van der Waals surface area contributed by atoms with Crippen molar-refractivity contribution in [3.8, 4) is 17.0 Å². The van der Waals surface area contributed by atoms with Gasteiger partial charge in [0, 0.05) is 16.5 Å². The van der Waals surface area contributed by atoms with Gasteiger partial charge in [-0.2, -0.15) is 0 Å². The molecule has 0 aliphatic heterocycles. The fourth-order valence-electron chi connectivity index (χ4n) is 1.94. The third-order valence-electron chi connectivity index (χ3n) is 2.98. The second-order valence-corrected chi connectivity index (χ2v) is 4.95. The molecule has 2 rings (SSSR count). The van der Waals surface area contributed by atoms with Gasteiger partial charge in [-0.05, 0) is 30.4 Å². The van der Waals surface area contributed by atoms with E-state index in [1.165, 1.54) is 6.07 Å². The number of nitrogens with zero attached hydrogens (tertiary/aromatic N) is 1. The Balaban J connectivity index is 2.56. The number of aromatic nitrogens is 1. The maximum absolute atomic E-state index is 10.9. The van der Waals surface area contributed by atoms with Crippen LogP contribution in [0, 0.1) is 0 Å². The van der Waals surface area contributed by atoms with Crippen molar-refractivity contribution in [2.45, 2.75) is 18.2 Å². The molecule has 6 heteroatoms. The Bertz CT molecular complexity index is 636. The van der Waals surface area contributed by atoms with Crippen LogP contribution >= 0.6 is 11.8 Å². The predicted molar refractivity (Wildman–Crippen MR) is 76.6 cm³/mol. The van der Waals surface area contributed by atoms with Gasteiger partial charge in [-0.15, -0.1) is 11.8 Å². The van der Waals surface area contributed by atoms with E-state index in [0.29, 0.717) is 5.69 Å². The highest BCUT2D eigenvalue weighted by molar-refractivity contribution is 7.98. The van der Waals surface area contributed by atoms with Crippen LogP contribution in [0.15, 0.2) is 27.6 Å². The lowest BCUT2D eigenvalue weighted by Gasteiger charge is -2.12. The van der Waals surface area contributed by atoms with E-state index < -0.39 is 5.97 Å². The summed E-state index contributed by atoms with van der Waals surface area (Å²) in [5.74, 6) is -0.544.